The van der Waals surface area contributed by atoms with Crippen molar-refractivity contribution in [3.05, 3.63) is 91.0 Å². The van der Waals surface area contributed by atoms with Gasteiger partial charge < -0.3 is 4.74 Å². The van der Waals surface area contributed by atoms with Gasteiger partial charge in [-0.3, -0.25) is 0 Å². The number of alkyl halides is 1. The molecule has 0 aliphatic heterocycles. The Morgan fingerprint density at radius 2 is 1.15 bits per heavy atom. The SMILES string of the molecule is CCOC(=O)C(Cl)[P+](c1ccccc1)(c1ccccc1)c1ccccc1. The Labute approximate surface area is 160 Å². The van der Waals surface area contributed by atoms with E-state index in [2.05, 4.69) is 36.4 Å². The molecule has 0 radical (unpaired) electrons. The molecule has 0 spiro atoms. The fourth-order valence-electron chi connectivity index (χ4n) is 3.20. The van der Waals surface area contributed by atoms with Crippen LogP contribution in [-0.4, -0.2) is 17.7 Å². The van der Waals surface area contributed by atoms with E-state index < -0.39 is 12.4 Å². The molecule has 0 saturated heterocycles. The summed E-state index contributed by atoms with van der Waals surface area (Å²) in [5, 5.41) is 2.39. The van der Waals surface area contributed by atoms with Gasteiger partial charge in [-0.25, -0.2) is 4.79 Å². The van der Waals surface area contributed by atoms with E-state index in [1.165, 1.54) is 0 Å². The molecule has 3 aromatic carbocycles. The minimum Gasteiger partial charge on any atom is -0.462 e. The van der Waals surface area contributed by atoms with Gasteiger partial charge in [0.15, 0.2) is 0 Å². The van der Waals surface area contributed by atoms with Crippen LogP contribution in [-0.2, 0) is 9.53 Å². The fraction of sp³-hybridized carbons (Fsp3) is 0.136. The maximum Gasteiger partial charge on any atom is 0.364 e. The first-order chi connectivity index (χ1) is 12.7. The van der Waals surface area contributed by atoms with Crippen LogP contribution in [0.3, 0.4) is 0 Å². The van der Waals surface area contributed by atoms with Crippen LogP contribution in [0.15, 0.2) is 91.0 Å². The third-order valence-electron chi connectivity index (χ3n) is 4.31. The largest absolute Gasteiger partial charge is 0.462 e. The second-order valence-corrected chi connectivity index (χ2v) is 10.1. The van der Waals surface area contributed by atoms with E-state index in [0.717, 1.165) is 15.9 Å². The highest BCUT2D eigenvalue weighted by molar-refractivity contribution is 7.98. The predicted molar refractivity (Wildman–Crippen MR) is 111 cm³/mol. The summed E-state index contributed by atoms with van der Waals surface area (Å²) in [6, 6.07) is 30.2. The summed E-state index contributed by atoms with van der Waals surface area (Å²) in [4.78, 5) is 12.8. The summed E-state index contributed by atoms with van der Waals surface area (Å²) >= 11 is 6.91. The topological polar surface area (TPSA) is 26.3 Å². The lowest BCUT2D eigenvalue weighted by molar-refractivity contribution is -0.140. The average molecular weight is 384 g/mol. The number of hydrogen-bond acceptors (Lipinski definition) is 2. The highest BCUT2D eigenvalue weighted by Crippen LogP contribution is 2.61. The minimum atomic E-state index is -2.44. The van der Waals surface area contributed by atoms with E-state index in [-0.39, 0.29) is 5.97 Å². The smallest absolute Gasteiger partial charge is 0.364 e. The van der Waals surface area contributed by atoms with Crippen LogP contribution in [0, 0.1) is 0 Å². The number of ether oxygens (including phenoxy) is 1. The number of rotatable bonds is 6. The van der Waals surface area contributed by atoms with Gasteiger partial charge in [0.05, 0.1) is 6.61 Å². The van der Waals surface area contributed by atoms with Gasteiger partial charge in [-0.05, 0) is 43.3 Å². The van der Waals surface area contributed by atoms with Crippen molar-refractivity contribution in [2.75, 3.05) is 6.61 Å². The number of halogens is 1. The summed E-state index contributed by atoms with van der Waals surface area (Å²) in [5.74, 6) is -0.376. The Hall–Kier alpha value is -2.15. The first-order valence-electron chi connectivity index (χ1n) is 8.57. The van der Waals surface area contributed by atoms with Crippen molar-refractivity contribution in [2.45, 2.75) is 12.0 Å². The van der Waals surface area contributed by atoms with Gasteiger partial charge in [0.25, 0.3) is 5.12 Å². The van der Waals surface area contributed by atoms with Gasteiger partial charge in [0.2, 0.25) is 0 Å². The van der Waals surface area contributed by atoms with Crippen molar-refractivity contribution >= 4 is 40.7 Å². The zero-order valence-electron chi connectivity index (χ0n) is 14.6. The Bertz CT molecular complexity index is 741. The second-order valence-electron chi connectivity index (χ2n) is 5.82. The monoisotopic (exact) mass is 383 g/mol. The quantitative estimate of drug-likeness (QED) is 0.364. The molecule has 0 saturated carbocycles. The van der Waals surface area contributed by atoms with E-state index in [1.54, 1.807) is 6.92 Å². The van der Waals surface area contributed by atoms with Crippen molar-refractivity contribution in [2.24, 2.45) is 0 Å². The lowest BCUT2D eigenvalue weighted by Crippen LogP contribution is -2.40. The third kappa shape index (κ3) is 3.40. The first kappa shape index (κ1) is 18.6. The molecule has 1 atom stereocenters. The third-order valence-corrected chi connectivity index (χ3v) is 9.60. The summed E-state index contributed by atoms with van der Waals surface area (Å²) in [6.45, 7) is 2.11. The highest BCUT2D eigenvalue weighted by atomic mass is 35.5. The van der Waals surface area contributed by atoms with Gasteiger partial charge in [0, 0.05) is 0 Å². The molecular weight excluding hydrogens is 363 g/mol. The van der Waals surface area contributed by atoms with Crippen molar-refractivity contribution < 1.29 is 9.53 Å². The van der Waals surface area contributed by atoms with Crippen molar-refractivity contribution in [1.82, 2.24) is 0 Å². The van der Waals surface area contributed by atoms with Crippen molar-refractivity contribution in [3.63, 3.8) is 0 Å². The minimum absolute atomic E-state index is 0.306. The molecule has 26 heavy (non-hydrogen) atoms. The fourth-order valence-corrected chi connectivity index (χ4v) is 8.27. The van der Waals surface area contributed by atoms with E-state index in [1.807, 2.05) is 54.6 Å². The van der Waals surface area contributed by atoms with E-state index >= 15 is 0 Å². The lowest BCUT2D eigenvalue weighted by atomic mass is 10.4. The van der Waals surface area contributed by atoms with Gasteiger partial charge in [-0.15, -0.1) is 0 Å². The molecule has 0 aliphatic rings. The maximum absolute atomic E-state index is 12.8. The van der Waals surface area contributed by atoms with Crippen LogP contribution >= 0.6 is 18.9 Å². The van der Waals surface area contributed by atoms with Crippen molar-refractivity contribution in [1.29, 1.82) is 0 Å². The van der Waals surface area contributed by atoms with Gasteiger partial charge in [0.1, 0.15) is 23.2 Å². The van der Waals surface area contributed by atoms with Crippen LogP contribution in [0.5, 0.6) is 0 Å². The number of benzene rings is 3. The summed E-state index contributed by atoms with van der Waals surface area (Å²) in [6.07, 6.45) is 0. The molecule has 132 valence electrons. The van der Waals surface area contributed by atoms with E-state index in [9.17, 15) is 4.79 Å². The molecular formula is C22H21ClO2P+. The molecule has 0 aliphatic carbocycles. The van der Waals surface area contributed by atoms with Crippen LogP contribution in [0.25, 0.3) is 0 Å². The van der Waals surface area contributed by atoms with E-state index in [4.69, 9.17) is 16.3 Å². The first-order valence-corrected chi connectivity index (χ1v) is 10.9. The van der Waals surface area contributed by atoms with Crippen LogP contribution < -0.4 is 15.9 Å². The molecule has 4 heteroatoms. The van der Waals surface area contributed by atoms with E-state index in [0.29, 0.717) is 6.61 Å². The zero-order valence-corrected chi connectivity index (χ0v) is 16.2. The Kier molecular flexibility index (Phi) is 6.08. The van der Waals surface area contributed by atoms with Crippen LogP contribution in [0.4, 0.5) is 0 Å². The Morgan fingerprint density at radius 3 is 1.46 bits per heavy atom. The van der Waals surface area contributed by atoms with Gasteiger partial charge >= 0.3 is 5.97 Å². The summed E-state index contributed by atoms with van der Waals surface area (Å²) in [7, 11) is -2.44. The number of hydrogen-bond donors (Lipinski definition) is 0. The Balaban J connectivity index is 2.33. The standard InChI is InChI=1S/C22H21ClO2P/c1-2-25-22(24)21(23)26(18-12-6-3-7-13-18,19-14-8-4-9-15-19)20-16-10-5-11-17-20/h3-17,21H,2H2,1H3/q+1. The predicted octanol–water partition coefficient (Wildman–Crippen LogP) is 4.11. The average Bonchev–Trinajstić information content (AvgIpc) is 2.71. The molecule has 0 heterocycles. The second kappa shape index (κ2) is 8.49. The number of carbonyl (C=O) groups excluding carboxylic acids is 1. The molecule has 0 amide bonds. The lowest BCUT2D eigenvalue weighted by Gasteiger charge is -2.30. The van der Waals surface area contributed by atoms with Gasteiger partial charge in [-0.2, -0.15) is 0 Å². The number of esters is 1. The van der Waals surface area contributed by atoms with Crippen LogP contribution in [0.1, 0.15) is 6.92 Å². The molecule has 0 aromatic heterocycles. The molecule has 2 nitrogen and oxygen atoms in total. The normalized spacial score (nSPS) is 12.4. The molecule has 1 unspecified atom stereocenters. The molecule has 3 rings (SSSR count). The highest BCUT2D eigenvalue weighted by Gasteiger charge is 2.55. The molecule has 0 N–H and O–H groups in total. The molecule has 0 fully saturated rings. The van der Waals surface area contributed by atoms with Crippen molar-refractivity contribution in [3.8, 4) is 0 Å². The Morgan fingerprint density at radius 1 is 0.808 bits per heavy atom. The molecule has 3 aromatic rings. The maximum atomic E-state index is 12.8. The summed E-state index contributed by atoms with van der Waals surface area (Å²) in [5.41, 5.74) is 0. The number of carbonyl (C=O) groups is 1. The zero-order chi connectivity index (χ0) is 18.4. The molecule has 0 bridgehead atoms. The van der Waals surface area contributed by atoms with Crippen LogP contribution in [0.2, 0.25) is 0 Å². The van der Waals surface area contributed by atoms with Gasteiger partial charge in [-0.1, -0.05) is 66.2 Å². The summed E-state index contributed by atoms with van der Waals surface area (Å²) < 4.78 is 5.33.